The maximum absolute atomic E-state index is 9.31. The summed E-state index contributed by atoms with van der Waals surface area (Å²) in [6.45, 7) is 0.000596. The summed E-state index contributed by atoms with van der Waals surface area (Å²) in [5.41, 5.74) is 6.91. The number of nitrogens with zero attached hydrogens (tertiary/aromatic N) is 2. The molecule has 0 bridgehead atoms. The molecule has 3 heteroatoms. The van der Waals surface area contributed by atoms with E-state index in [9.17, 15) is 5.11 Å². The van der Waals surface area contributed by atoms with Crippen molar-refractivity contribution in [2.75, 3.05) is 32.8 Å². The Morgan fingerprint density at radius 2 is 1.42 bits per heavy atom. The molecule has 0 radical (unpaired) electrons. The normalized spacial score (nSPS) is 13.1. The molecule has 0 spiro atoms. The molecule has 0 saturated carbocycles. The second kappa shape index (κ2) is 7.98. The minimum absolute atomic E-state index is 0.000596. The highest BCUT2D eigenvalue weighted by Gasteiger charge is 2.13. The van der Waals surface area contributed by atoms with Gasteiger partial charge in [0.1, 0.15) is 20.8 Å². The van der Waals surface area contributed by atoms with Crippen LogP contribution in [0.1, 0.15) is 11.1 Å². The molecule has 2 aromatic carbocycles. The molecule has 0 fully saturated rings. The van der Waals surface area contributed by atoms with Crippen LogP contribution in [0.3, 0.4) is 0 Å². The van der Waals surface area contributed by atoms with Crippen LogP contribution in [0.15, 0.2) is 84.5 Å². The lowest BCUT2D eigenvalue weighted by atomic mass is 9.90. The van der Waals surface area contributed by atoms with Crippen molar-refractivity contribution in [2.45, 2.75) is 0 Å². The van der Waals surface area contributed by atoms with Gasteiger partial charge in [0.2, 0.25) is 0 Å². The molecule has 1 aliphatic rings. The van der Waals surface area contributed by atoms with Crippen LogP contribution in [0.5, 0.6) is 0 Å². The molecule has 0 saturated heterocycles. The average Bonchev–Trinajstić information content (AvgIpc) is 2.69. The largest absolute Gasteiger partial charge is 0.376 e. The molecule has 3 rings (SSSR count). The first-order valence-electron chi connectivity index (χ1n) is 8.72. The van der Waals surface area contributed by atoms with Crippen molar-refractivity contribution in [3.63, 3.8) is 0 Å². The topological polar surface area (TPSA) is 26.5 Å². The van der Waals surface area contributed by atoms with Gasteiger partial charge in [-0.1, -0.05) is 42.5 Å². The Morgan fingerprint density at radius 3 is 1.96 bits per heavy atom. The fourth-order valence-corrected chi connectivity index (χ4v) is 3.00. The third-order valence-electron chi connectivity index (χ3n) is 4.54. The van der Waals surface area contributed by atoms with Crippen molar-refractivity contribution in [3.05, 3.63) is 95.6 Å². The first-order valence-corrected chi connectivity index (χ1v) is 8.72. The van der Waals surface area contributed by atoms with Crippen LogP contribution < -0.4 is 4.90 Å². The van der Waals surface area contributed by atoms with Gasteiger partial charge in [-0.3, -0.25) is 0 Å². The van der Waals surface area contributed by atoms with E-state index >= 15 is 0 Å². The van der Waals surface area contributed by atoms with Crippen LogP contribution in [0.25, 0.3) is 5.57 Å². The zero-order valence-electron chi connectivity index (χ0n) is 15.6. The van der Waals surface area contributed by atoms with Crippen molar-refractivity contribution in [2.24, 2.45) is 0 Å². The van der Waals surface area contributed by atoms with Crippen LogP contribution in [0, 0.1) is 0 Å². The molecule has 26 heavy (non-hydrogen) atoms. The Balaban J connectivity index is 2.09. The number of anilines is 1. The molecule has 132 valence electrons. The molecule has 0 atom stereocenters. The Hall–Kier alpha value is -2.91. The first-order chi connectivity index (χ1) is 12.6. The molecule has 3 nitrogen and oxygen atoms in total. The standard InChI is InChI=1S/C23H25N2O/c1-24(2)21-13-9-19(10-14-21)23(18-7-5-4-6-8-18)20-11-15-22(16-12-20)25(3)17-26/h4-16,26H,17H2,1-3H3/q+1. The fourth-order valence-electron chi connectivity index (χ4n) is 3.00. The van der Waals surface area contributed by atoms with Crippen LogP contribution in [-0.4, -0.2) is 43.3 Å². The summed E-state index contributed by atoms with van der Waals surface area (Å²) in [5.74, 6) is 0. The maximum Gasteiger partial charge on any atom is 0.199 e. The van der Waals surface area contributed by atoms with Gasteiger partial charge in [-0.15, -0.1) is 0 Å². The highest BCUT2D eigenvalue weighted by atomic mass is 16.3. The number of aliphatic hydroxyl groups excluding tert-OH is 1. The van der Waals surface area contributed by atoms with E-state index in [1.807, 2.05) is 39.3 Å². The third kappa shape index (κ3) is 3.84. The van der Waals surface area contributed by atoms with Gasteiger partial charge in [-0.2, -0.15) is 0 Å². The van der Waals surface area contributed by atoms with E-state index in [4.69, 9.17) is 0 Å². The minimum atomic E-state index is 0.000596. The van der Waals surface area contributed by atoms with Gasteiger partial charge < -0.3 is 10.0 Å². The van der Waals surface area contributed by atoms with Crippen molar-refractivity contribution < 1.29 is 9.68 Å². The number of rotatable bonds is 4. The number of benzene rings is 2. The van der Waals surface area contributed by atoms with Crippen molar-refractivity contribution in [1.29, 1.82) is 0 Å². The summed E-state index contributed by atoms with van der Waals surface area (Å²) >= 11 is 0. The average molecular weight is 345 g/mol. The highest BCUT2D eigenvalue weighted by Crippen LogP contribution is 2.30. The number of allylic oxidation sites excluding steroid dienone is 5. The molecule has 0 amide bonds. The molecule has 0 aliphatic heterocycles. The van der Waals surface area contributed by atoms with Gasteiger partial charge in [-0.25, -0.2) is 4.58 Å². The molecule has 0 aromatic heterocycles. The predicted molar refractivity (Wildman–Crippen MR) is 110 cm³/mol. The molecular weight excluding hydrogens is 320 g/mol. The van der Waals surface area contributed by atoms with Crippen molar-refractivity contribution in [1.82, 2.24) is 0 Å². The van der Waals surface area contributed by atoms with E-state index in [-0.39, 0.29) is 6.73 Å². The number of hydrogen-bond acceptors (Lipinski definition) is 2. The van der Waals surface area contributed by atoms with Crippen molar-refractivity contribution >= 4 is 17.0 Å². The summed E-state index contributed by atoms with van der Waals surface area (Å²) in [6.07, 6.45) is 8.63. The maximum atomic E-state index is 9.31. The molecule has 1 aliphatic carbocycles. The van der Waals surface area contributed by atoms with E-state index in [1.54, 1.807) is 4.90 Å². The van der Waals surface area contributed by atoms with E-state index in [0.29, 0.717) is 0 Å². The van der Waals surface area contributed by atoms with Crippen LogP contribution >= 0.6 is 0 Å². The van der Waals surface area contributed by atoms with Gasteiger partial charge in [0.25, 0.3) is 0 Å². The van der Waals surface area contributed by atoms with Gasteiger partial charge in [0, 0.05) is 24.9 Å². The zero-order chi connectivity index (χ0) is 18.5. The third-order valence-corrected chi connectivity index (χ3v) is 4.54. The molecule has 0 unspecified atom stereocenters. The Morgan fingerprint density at radius 1 is 0.846 bits per heavy atom. The Kier molecular flexibility index (Phi) is 5.49. The van der Waals surface area contributed by atoms with Gasteiger partial charge in [-0.05, 0) is 46.6 Å². The summed E-state index contributed by atoms with van der Waals surface area (Å²) < 4.78 is 2.10. The quantitative estimate of drug-likeness (QED) is 0.675. The predicted octanol–water partition coefficient (Wildman–Crippen LogP) is 3.71. The van der Waals surface area contributed by atoms with E-state index < -0.39 is 0 Å². The monoisotopic (exact) mass is 345 g/mol. The lowest BCUT2D eigenvalue weighted by Crippen LogP contribution is -2.17. The van der Waals surface area contributed by atoms with Gasteiger partial charge in [0.05, 0.1) is 0 Å². The summed E-state index contributed by atoms with van der Waals surface area (Å²) in [7, 11) is 5.97. The lowest BCUT2D eigenvalue weighted by molar-refractivity contribution is -0.462. The summed E-state index contributed by atoms with van der Waals surface area (Å²) in [6, 6.07) is 18.8. The number of aliphatic hydroxyl groups is 1. The van der Waals surface area contributed by atoms with Gasteiger partial charge in [0.15, 0.2) is 5.71 Å². The molecule has 0 heterocycles. The molecule has 1 N–H and O–H groups in total. The first kappa shape index (κ1) is 17.9. The Bertz CT molecular complexity index is 866. The Labute approximate surface area is 155 Å². The van der Waals surface area contributed by atoms with E-state index in [2.05, 4.69) is 65.3 Å². The van der Waals surface area contributed by atoms with E-state index in [0.717, 1.165) is 11.3 Å². The summed E-state index contributed by atoms with van der Waals surface area (Å²) in [4.78, 5) is 1.80. The minimum Gasteiger partial charge on any atom is -0.376 e. The van der Waals surface area contributed by atoms with Crippen LogP contribution in [0.4, 0.5) is 5.69 Å². The zero-order valence-corrected chi connectivity index (χ0v) is 15.6. The fraction of sp³-hybridized carbons (Fsp3) is 0.174. The van der Waals surface area contributed by atoms with Gasteiger partial charge >= 0.3 is 0 Å². The van der Waals surface area contributed by atoms with Crippen LogP contribution in [0.2, 0.25) is 0 Å². The molecule has 2 aromatic rings. The second-order valence-corrected chi connectivity index (χ2v) is 6.57. The summed E-state index contributed by atoms with van der Waals surface area (Å²) in [5, 5.41) is 9.31. The number of hydrogen-bond donors (Lipinski definition) is 1. The SMILES string of the molecule is CN(CO)c1ccc(C(=C2C=CC(=[N+](C)C)C=C2)c2ccccc2)cc1. The van der Waals surface area contributed by atoms with E-state index in [1.165, 1.54) is 22.4 Å². The highest BCUT2D eigenvalue weighted by molar-refractivity contribution is 6.03. The molecular formula is C23H25N2O+. The second-order valence-electron chi connectivity index (χ2n) is 6.57. The van der Waals surface area contributed by atoms with Crippen LogP contribution in [-0.2, 0) is 0 Å². The smallest absolute Gasteiger partial charge is 0.199 e. The van der Waals surface area contributed by atoms with Crippen molar-refractivity contribution in [3.8, 4) is 0 Å². The lowest BCUT2D eigenvalue weighted by Gasteiger charge is -2.18.